The molecular formula is C7H7N4Se. The van der Waals surface area contributed by atoms with Crippen LogP contribution in [0.4, 0.5) is 0 Å². The van der Waals surface area contributed by atoms with E-state index < -0.39 is 0 Å². The van der Waals surface area contributed by atoms with Gasteiger partial charge in [-0.25, -0.2) is 0 Å². The maximum atomic E-state index is 5.22. The van der Waals surface area contributed by atoms with Gasteiger partial charge in [0.2, 0.25) is 0 Å². The number of hydrogen-bond donors (Lipinski definition) is 1. The molecule has 1 heterocycles. The molecule has 0 aliphatic rings. The average Bonchev–Trinajstić information content (AvgIpc) is 2.05. The van der Waals surface area contributed by atoms with E-state index in [1.807, 2.05) is 18.2 Å². The second kappa shape index (κ2) is 4.64. The molecule has 0 bridgehead atoms. The summed E-state index contributed by atoms with van der Waals surface area (Å²) in [6.07, 6.45) is 3.22. The van der Waals surface area contributed by atoms with Crippen LogP contribution >= 0.6 is 0 Å². The van der Waals surface area contributed by atoms with Gasteiger partial charge in [-0.3, -0.25) is 0 Å². The molecule has 0 saturated heterocycles. The molecule has 0 saturated carbocycles. The molecule has 61 valence electrons. The summed E-state index contributed by atoms with van der Waals surface area (Å²) in [5.74, 6) is 0. The Morgan fingerprint density at radius 1 is 1.58 bits per heavy atom. The molecule has 0 amide bonds. The van der Waals surface area contributed by atoms with Crippen molar-refractivity contribution >= 4 is 27.0 Å². The van der Waals surface area contributed by atoms with Crippen molar-refractivity contribution in [2.45, 2.75) is 0 Å². The third-order valence-corrected chi connectivity index (χ3v) is 1.21. The van der Waals surface area contributed by atoms with Crippen LogP contribution in [0.2, 0.25) is 0 Å². The summed E-state index contributed by atoms with van der Waals surface area (Å²) in [6.45, 7) is 0. The van der Waals surface area contributed by atoms with Crippen LogP contribution in [0.15, 0.2) is 34.6 Å². The predicted molar refractivity (Wildman–Crippen MR) is 49.2 cm³/mol. The number of aromatic nitrogens is 1. The fraction of sp³-hybridized carbons (Fsp3) is 0. The minimum absolute atomic E-state index is 0.308. The van der Waals surface area contributed by atoms with E-state index >= 15 is 0 Å². The Bertz CT molecular complexity index is 290. The van der Waals surface area contributed by atoms with E-state index in [1.54, 1.807) is 6.20 Å². The van der Waals surface area contributed by atoms with Crippen molar-refractivity contribution < 1.29 is 0 Å². The molecule has 1 aromatic rings. The Morgan fingerprint density at radius 3 is 3.00 bits per heavy atom. The van der Waals surface area contributed by atoms with Gasteiger partial charge in [-0.05, 0) is 0 Å². The second-order valence-corrected chi connectivity index (χ2v) is 2.81. The van der Waals surface area contributed by atoms with Crippen molar-refractivity contribution in [1.29, 1.82) is 0 Å². The fourth-order valence-electron chi connectivity index (χ4n) is 0.597. The van der Waals surface area contributed by atoms with E-state index in [1.165, 1.54) is 6.21 Å². The Labute approximate surface area is 78.4 Å². The first-order valence-corrected chi connectivity index (χ1v) is 4.09. The van der Waals surface area contributed by atoms with E-state index in [4.69, 9.17) is 5.73 Å². The quantitative estimate of drug-likeness (QED) is 0.331. The zero-order valence-electron chi connectivity index (χ0n) is 6.21. The van der Waals surface area contributed by atoms with Crippen molar-refractivity contribution in [3.05, 3.63) is 30.1 Å². The first-order valence-electron chi connectivity index (χ1n) is 3.23. The molecule has 2 N–H and O–H groups in total. The van der Waals surface area contributed by atoms with Crippen LogP contribution in [0.1, 0.15) is 5.69 Å². The monoisotopic (exact) mass is 227 g/mol. The Kier molecular flexibility index (Phi) is 3.44. The molecule has 1 radical (unpaired) electrons. The SMILES string of the molecule is N/C([Se])=N/N=C/c1ccccn1. The number of hydrogen-bond acceptors (Lipinski definition) is 3. The summed E-state index contributed by atoms with van der Waals surface area (Å²) in [5, 5.41) is 7.27. The van der Waals surface area contributed by atoms with Gasteiger partial charge in [-0.1, -0.05) is 0 Å². The summed E-state index contributed by atoms with van der Waals surface area (Å²) in [7, 11) is 0. The Morgan fingerprint density at radius 2 is 2.42 bits per heavy atom. The molecule has 0 aliphatic carbocycles. The first kappa shape index (κ1) is 8.90. The number of rotatable bonds is 2. The number of nitrogens with two attached hydrogens (primary N) is 1. The van der Waals surface area contributed by atoms with Crippen molar-refractivity contribution in [3.8, 4) is 0 Å². The fourth-order valence-corrected chi connectivity index (χ4v) is 0.696. The van der Waals surface area contributed by atoms with E-state index in [0.29, 0.717) is 4.73 Å². The third kappa shape index (κ3) is 3.27. The van der Waals surface area contributed by atoms with Crippen LogP contribution < -0.4 is 5.73 Å². The number of pyridine rings is 1. The molecule has 4 nitrogen and oxygen atoms in total. The van der Waals surface area contributed by atoms with Crippen molar-refractivity contribution in [2.24, 2.45) is 15.9 Å². The molecular weight excluding hydrogens is 219 g/mol. The molecule has 0 aromatic carbocycles. The van der Waals surface area contributed by atoms with E-state index in [2.05, 4.69) is 31.2 Å². The van der Waals surface area contributed by atoms with Gasteiger partial charge in [-0.15, -0.1) is 0 Å². The molecule has 0 unspecified atom stereocenters. The molecule has 12 heavy (non-hydrogen) atoms. The summed E-state index contributed by atoms with van der Waals surface area (Å²) >= 11 is 2.52. The normalized spacial score (nSPS) is 12.2. The first-order chi connectivity index (χ1) is 5.79. The van der Waals surface area contributed by atoms with E-state index in [-0.39, 0.29) is 0 Å². The van der Waals surface area contributed by atoms with Gasteiger partial charge >= 0.3 is 78.0 Å². The summed E-state index contributed by atoms with van der Waals surface area (Å²) < 4.78 is 0.308. The van der Waals surface area contributed by atoms with Gasteiger partial charge in [0, 0.05) is 0 Å². The Hall–Kier alpha value is -1.19. The van der Waals surface area contributed by atoms with Crippen LogP contribution in [-0.2, 0) is 0 Å². The van der Waals surface area contributed by atoms with Gasteiger partial charge in [-0.2, -0.15) is 0 Å². The third-order valence-electron chi connectivity index (χ3n) is 1.03. The molecule has 5 heteroatoms. The Balaban J connectivity index is 2.64. The number of nitrogens with zero attached hydrogens (tertiary/aromatic N) is 3. The number of amidine groups is 1. The summed E-state index contributed by atoms with van der Waals surface area (Å²) in [4.78, 5) is 4.01. The van der Waals surface area contributed by atoms with Crippen LogP contribution in [-0.4, -0.2) is 31.9 Å². The van der Waals surface area contributed by atoms with Crippen molar-refractivity contribution in [1.82, 2.24) is 4.98 Å². The molecule has 0 aliphatic heterocycles. The van der Waals surface area contributed by atoms with Crippen molar-refractivity contribution in [3.63, 3.8) is 0 Å². The molecule has 1 aromatic heterocycles. The van der Waals surface area contributed by atoms with Crippen LogP contribution in [0.3, 0.4) is 0 Å². The van der Waals surface area contributed by atoms with Gasteiger partial charge in [0.25, 0.3) is 0 Å². The van der Waals surface area contributed by atoms with Crippen LogP contribution in [0.5, 0.6) is 0 Å². The van der Waals surface area contributed by atoms with Crippen LogP contribution in [0.25, 0.3) is 0 Å². The van der Waals surface area contributed by atoms with Crippen LogP contribution in [0, 0.1) is 0 Å². The molecule has 0 atom stereocenters. The molecule has 0 spiro atoms. The average molecular weight is 226 g/mol. The van der Waals surface area contributed by atoms with Gasteiger partial charge in [0.15, 0.2) is 0 Å². The molecule has 0 fully saturated rings. The zero-order valence-corrected chi connectivity index (χ0v) is 7.93. The standard InChI is InChI=1S/C7H7N4Se/c8-7(12)11-10-5-6-3-1-2-4-9-6/h1-5H,(H2,8,11)/b10-5+. The van der Waals surface area contributed by atoms with E-state index in [9.17, 15) is 0 Å². The second-order valence-electron chi connectivity index (χ2n) is 1.94. The topological polar surface area (TPSA) is 63.6 Å². The molecule has 1 rings (SSSR count). The predicted octanol–water partition coefficient (Wildman–Crippen LogP) is -0.101. The summed E-state index contributed by atoms with van der Waals surface area (Å²) in [5.41, 5.74) is 5.97. The van der Waals surface area contributed by atoms with E-state index in [0.717, 1.165) is 5.69 Å². The van der Waals surface area contributed by atoms with Gasteiger partial charge in [0.05, 0.1) is 0 Å². The van der Waals surface area contributed by atoms with Gasteiger partial charge < -0.3 is 0 Å². The zero-order chi connectivity index (χ0) is 8.81. The van der Waals surface area contributed by atoms with Crippen molar-refractivity contribution in [2.75, 3.05) is 0 Å². The minimum atomic E-state index is 0.308. The van der Waals surface area contributed by atoms with Gasteiger partial charge in [0.1, 0.15) is 0 Å². The maximum absolute atomic E-state index is 5.22. The summed E-state index contributed by atoms with van der Waals surface area (Å²) in [6, 6.07) is 5.54.